The molecule has 1 heterocycles. The summed E-state index contributed by atoms with van der Waals surface area (Å²) in [5.74, 6) is 0.137. The van der Waals surface area contributed by atoms with Crippen LogP contribution in [-0.2, 0) is 16.0 Å². The molecule has 0 spiro atoms. The van der Waals surface area contributed by atoms with Crippen LogP contribution in [0.3, 0.4) is 0 Å². The molecule has 1 saturated heterocycles. The number of amides is 1. The lowest BCUT2D eigenvalue weighted by atomic mass is 9.98. The van der Waals surface area contributed by atoms with Crippen LogP contribution in [0, 0.1) is 0 Å². The van der Waals surface area contributed by atoms with Crippen LogP contribution in [0.25, 0.3) is 0 Å². The minimum absolute atomic E-state index is 0.137. The quantitative estimate of drug-likeness (QED) is 0.837. The van der Waals surface area contributed by atoms with Crippen molar-refractivity contribution in [3.63, 3.8) is 0 Å². The molecule has 1 amide bonds. The van der Waals surface area contributed by atoms with E-state index in [-0.39, 0.29) is 17.6 Å². The van der Waals surface area contributed by atoms with Crippen LogP contribution in [0.15, 0.2) is 30.3 Å². The molecule has 3 heteroatoms. The largest absolute Gasteiger partial charge is 0.374 e. The van der Waals surface area contributed by atoms with E-state index in [2.05, 4.69) is 38.1 Å². The van der Waals surface area contributed by atoms with Crippen LogP contribution >= 0.6 is 0 Å². The molecule has 1 aromatic rings. The maximum absolute atomic E-state index is 11.7. The average Bonchev–Trinajstić information content (AvgIpc) is 2.38. The Hall–Kier alpha value is -1.35. The first-order valence-electron chi connectivity index (χ1n) is 6.93. The van der Waals surface area contributed by atoms with Crippen LogP contribution in [0.1, 0.15) is 32.8 Å². The maximum Gasteiger partial charge on any atom is 0.220 e. The third-order valence-corrected chi connectivity index (χ3v) is 3.77. The molecule has 1 aromatic carbocycles. The van der Waals surface area contributed by atoms with Gasteiger partial charge in [0.25, 0.3) is 0 Å². The summed E-state index contributed by atoms with van der Waals surface area (Å²) in [6.45, 7) is 7.08. The molecule has 0 aliphatic carbocycles. The second-order valence-electron chi connectivity index (χ2n) is 5.90. The maximum atomic E-state index is 11.7. The number of morpholine rings is 1. The lowest BCUT2D eigenvalue weighted by molar-refractivity contribution is -0.152. The van der Waals surface area contributed by atoms with E-state index in [4.69, 9.17) is 4.74 Å². The normalized spacial score (nSPS) is 22.3. The van der Waals surface area contributed by atoms with E-state index in [0.717, 1.165) is 12.8 Å². The molecule has 1 atom stereocenters. The number of ether oxygens (including phenoxy) is 1. The standard InChI is InChI=1S/C16H23NO2/c1-13(18)17-11-15(19-12-16(17,2)3)10-9-14-7-5-4-6-8-14/h4-8,15H,9-12H2,1-3H3. The van der Waals surface area contributed by atoms with Crippen molar-refractivity contribution < 1.29 is 9.53 Å². The highest BCUT2D eigenvalue weighted by Gasteiger charge is 2.36. The Bertz CT molecular complexity index is 428. The van der Waals surface area contributed by atoms with E-state index in [1.165, 1.54) is 5.56 Å². The van der Waals surface area contributed by atoms with E-state index in [1.54, 1.807) is 6.92 Å². The molecule has 1 unspecified atom stereocenters. The van der Waals surface area contributed by atoms with Crippen molar-refractivity contribution in [2.24, 2.45) is 0 Å². The van der Waals surface area contributed by atoms with Crippen LogP contribution < -0.4 is 0 Å². The van der Waals surface area contributed by atoms with Gasteiger partial charge in [0.15, 0.2) is 0 Å². The Labute approximate surface area is 115 Å². The van der Waals surface area contributed by atoms with Gasteiger partial charge in [-0.3, -0.25) is 4.79 Å². The van der Waals surface area contributed by atoms with Crippen LogP contribution in [0.2, 0.25) is 0 Å². The smallest absolute Gasteiger partial charge is 0.220 e. The van der Waals surface area contributed by atoms with Gasteiger partial charge in [-0.25, -0.2) is 0 Å². The lowest BCUT2D eigenvalue weighted by Crippen LogP contribution is -2.57. The predicted octanol–water partition coefficient (Wildman–Crippen LogP) is 2.65. The molecular formula is C16H23NO2. The Kier molecular flexibility index (Phi) is 4.25. The molecule has 19 heavy (non-hydrogen) atoms. The van der Waals surface area contributed by atoms with Crippen molar-refractivity contribution in [3.05, 3.63) is 35.9 Å². The van der Waals surface area contributed by atoms with Crippen molar-refractivity contribution in [2.75, 3.05) is 13.2 Å². The van der Waals surface area contributed by atoms with E-state index in [1.807, 2.05) is 11.0 Å². The number of nitrogens with zero attached hydrogens (tertiary/aromatic N) is 1. The number of carbonyl (C=O) groups is 1. The Morgan fingerprint density at radius 2 is 2.05 bits per heavy atom. The van der Waals surface area contributed by atoms with Gasteiger partial charge < -0.3 is 9.64 Å². The number of rotatable bonds is 3. The van der Waals surface area contributed by atoms with Crippen molar-refractivity contribution in [2.45, 2.75) is 45.3 Å². The first-order chi connectivity index (χ1) is 8.99. The Morgan fingerprint density at radius 1 is 1.37 bits per heavy atom. The molecule has 0 bridgehead atoms. The summed E-state index contributed by atoms with van der Waals surface area (Å²) in [5.41, 5.74) is 1.14. The van der Waals surface area contributed by atoms with Crippen molar-refractivity contribution in [3.8, 4) is 0 Å². The topological polar surface area (TPSA) is 29.5 Å². The second kappa shape index (κ2) is 5.74. The van der Waals surface area contributed by atoms with Gasteiger partial charge in [-0.15, -0.1) is 0 Å². The summed E-state index contributed by atoms with van der Waals surface area (Å²) in [6.07, 6.45) is 2.11. The second-order valence-corrected chi connectivity index (χ2v) is 5.90. The van der Waals surface area contributed by atoms with Gasteiger partial charge in [-0.1, -0.05) is 30.3 Å². The molecule has 0 aromatic heterocycles. The van der Waals surface area contributed by atoms with Crippen molar-refractivity contribution in [1.82, 2.24) is 4.90 Å². The minimum atomic E-state index is -0.185. The molecular weight excluding hydrogens is 238 g/mol. The van der Waals surface area contributed by atoms with Crippen LogP contribution in [0.4, 0.5) is 0 Å². The zero-order valence-corrected chi connectivity index (χ0v) is 12.1. The highest BCUT2D eigenvalue weighted by atomic mass is 16.5. The molecule has 0 saturated carbocycles. The molecule has 3 nitrogen and oxygen atoms in total. The molecule has 1 fully saturated rings. The molecule has 104 valence electrons. The van der Waals surface area contributed by atoms with E-state index < -0.39 is 0 Å². The van der Waals surface area contributed by atoms with Gasteiger partial charge in [0.2, 0.25) is 5.91 Å². The van der Waals surface area contributed by atoms with Crippen molar-refractivity contribution in [1.29, 1.82) is 0 Å². The summed E-state index contributed by atoms with van der Waals surface area (Å²) >= 11 is 0. The zero-order chi connectivity index (χ0) is 13.9. The third-order valence-electron chi connectivity index (χ3n) is 3.77. The predicted molar refractivity (Wildman–Crippen MR) is 76.0 cm³/mol. The molecule has 0 N–H and O–H groups in total. The zero-order valence-electron chi connectivity index (χ0n) is 12.1. The monoisotopic (exact) mass is 261 g/mol. The fraction of sp³-hybridized carbons (Fsp3) is 0.562. The van der Waals surface area contributed by atoms with Crippen LogP contribution in [0.5, 0.6) is 0 Å². The molecule has 1 aliphatic heterocycles. The first-order valence-corrected chi connectivity index (χ1v) is 6.93. The van der Waals surface area contributed by atoms with E-state index >= 15 is 0 Å². The van der Waals surface area contributed by atoms with E-state index in [9.17, 15) is 4.79 Å². The van der Waals surface area contributed by atoms with Gasteiger partial charge in [0.05, 0.1) is 18.2 Å². The fourth-order valence-electron chi connectivity index (χ4n) is 2.60. The van der Waals surface area contributed by atoms with Gasteiger partial charge in [-0.05, 0) is 32.3 Å². The number of aryl methyl sites for hydroxylation is 1. The van der Waals surface area contributed by atoms with Crippen LogP contribution in [-0.4, -0.2) is 35.6 Å². The number of hydrogen-bond donors (Lipinski definition) is 0. The summed E-state index contributed by atoms with van der Waals surface area (Å²) < 4.78 is 5.90. The number of carbonyl (C=O) groups excluding carboxylic acids is 1. The number of benzene rings is 1. The summed E-state index contributed by atoms with van der Waals surface area (Å²) in [7, 11) is 0. The van der Waals surface area contributed by atoms with Gasteiger partial charge in [-0.2, -0.15) is 0 Å². The fourth-order valence-corrected chi connectivity index (χ4v) is 2.60. The highest BCUT2D eigenvalue weighted by molar-refractivity contribution is 5.74. The Morgan fingerprint density at radius 3 is 2.68 bits per heavy atom. The molecule has 2 rings (SSSR count). The lowest BCUT2D eigenvalue weighted by Gasteiger charge is -2.45. The summed E-state index contributed by atoms with van der Waals surface area (Å²) in [6, 6.07) is 10.4. The summed E-state index contributed by atoms with van der Waals surface area (Å²) in [4.78, 5) is 13.6. The average molecular weight is 261 g/mol. The molecule has 0 radical (unpaired) electrons. The SMILES string of the molecule is CC(=O)N1CC(CCc2ccccc2)OCC1(C)C. The van der Waals surface area contributed by atoms with Gasteiger partial charge in [0, 0.05) is 13.5 Å². The Balaban J connectivity index is 1.91. The molecule has 1 aliphatic rings. The highest BCUT2D eigenvalue weighted by Crippen LogP contribution is 2.24. The van der Waals surface area contributed by atoms with Crippen molar-refractivity contribution >= 4 is 5.91 Å². The number of hydrogen-bond acceptors (Lipinski definition) is 2. The minimum Gasteiger partial charge on any atom is -0.374 e. The first kappa shape index (κ1) is 14.1. The van der Waals surface area contributed by atoms with Gasteiger partial charge in [0.1, 0.15) is 0 Å². The van der Waals surface area contributed by atoms with E-state index in [0.29, 0.717) is 13.2 Å². The third kappa shape index (κ3) is 3.57. The van der Waals surface area contributed by atoms with Gasteiger partial charge >= 0.3 is 0 Å². The summed E-state index contributed by atoms with van der Waals surface area (Å²) in [5, 5.41) is 0.